The van der Waals surface area contributed by atoms with Crippen molar-refractivity contribution < 1.29 is 9.53 Å². The maximum atomic E-state index is 13.7. The summed E-state index contributed by atoms with van der Waals surface area (Å²) in [5.74, 6) is 0.899. The van der Waals surface area contributed by atoms with Crippen LogP contribution in [0, 0.1) is 0 Å². The zero-order chi connectivity index (χ0) is 26.2. The van der Waals surface area contributed by atoms with Crippen LogP contribution in [0.5, 0.6) is 0 Å². The molecule has 7 nitrogen and oxygen atoms in total. The number of ether oxygens (including phenoxy) is 1. The van der Waals surface area contributed by atoms with E-state index in [-0.39, 0.29) is 11.9 Å². The van der Waals surface area contributed by atoms with Crippen LogP contribution >= 0.6 is 11.3 Å². The van der Waals surface area contributed by atoms with Gasteiger partial charge < -0.3 is 9.64 Å². The molecule has 198 valence electrons. The highest BCUT2D eigenvalue weighted by atomic mass is 32.1. The number of aromatic nitrogens is 2. The Hall–Kier alpha value is -3.46. The predicted molar refractivity (Wildman–Crippen MR) is 154 cm³/mol. The van der Waals surface area contributed by atoms with Gasteiger partial charge in [-0.25, -0.2) is 4.79 Å². The number of morpholine rings is 1. The van der Waals surface area contributed by atoms with Gasteiger partial charge in [-0.15, -0.1) is 11.3 Å². The van der Waals surface area contributed by atoms with Gasteiger partial charge in [-0.2, -0.15) is 5.10 Å². The van der Waals surface area contributed by atoms with Crippen LogP contribution in [0.15, 0.2) is 84.2 Å². The number of urea groups is 1. The van der Waals surface area contributed by atoms with E-state index in [0.717, 1.165) is 49.8 Å². The number of rotatable bonds is 10. The van der Waals surface area contributed by atoms with Crippen molar-refractivity contribution in [1.29, 1.82) is 0 Å². The fourth-order valence-electron chi connectivity index (χ4n) is 4.90. The molecular formula is C30H35N5O2S. The largest absolute Gasteiger partial charge is 0.379 e. The van der Waals surface area contributed by atoms with Crippen LogP contribution in [0.25, 0.3) is 10.6 Å². The molecule has 4 aromatic rings. The molecule has 1 N–H and O–H groups in total. The van der Waals surface area contributed by atoms with Gasteiger partial charge in [-0.05, 0) is 29.0 Å². The van der Waals surface area contributed by atoms with Gasteiger partial charge >= 0.3 is 6.03 Å². The summed E-state index contributed by atoms with van der Waals surface area (Å²) in [5, 5.41) is 9.78. The number of aryl methyl sites for hydroxylation is 1. The predicted octanol–water partition coefficient (Wildman–Crippen LogP) is 5.54. The number of anilines is 1. The molecule has 0 saturated carbocycles. The molecule has 8 heteroatoms. The summed E-state index contributed by atoms with van der Waals surface area (Å²) in [6.45, 7) is 5.41. The van der Waals surface area contributed by atoms with E-state index in [0.29, 0.717) is 18.9 Å². The van der Waals surface area contributed by atoms with Crippen molar-refractivity contribution in [3.05, 3.63) is 95.4 Å². The third kappa shape index (κ3) is 6.69. The van der Waals surface area contributed by atoms with Crippen molar-refractivity contribution in [2.24, 2.45) is 7.05 Å². The van der Waals surface area contributed by atoms with E-state index in [9.17, 15) is 4.79 Å². The first-order valence-corrected chi connectivity index (χ1v) is 14.1. The van der Waals surface area contributed by atoms with Crippen molar-refractivity contribution in [3.8, 4) is 10.6 Å². The van der Waals surface area contributed by atoms with Gasteiger partial charge in [-0.3, -0.25) is 14.9 Å². The quantitative estimate of drug-likeness (QED) is 0.293. The number of hydrogen-bond donors (Lipinski definition) is 1. The Balaban J connectivity index is 1.32. The Morgan fingerprint density at radius 1 is 1.00 bits per heavy atom. The van der Waals surface area contributed by atoms with Crippen LogP contribution in [0.2, 0.25) is 0 Å². The summed E-state index contributed by atoms with van der Waals surface area (Å²) in [7, 11) is 1.87. The Morgan fingerprint density at radius 3 is 2.32 bits per heavy atom. The molecule has 3 heterocycles. The molecule has 2 aromatic carbocycles. The van der Waals surface area contributed by atoms with E-state index in [2.05, 4.69) is 63.8 Å². The third-order valence-corrected chi connectivity index (χ3v) is 7.95. The second kappa shape index (κ2) is 12.9. The van der Waals surface area contributed by atoms with E-state index in [1.165, 1.54) is 11.1 Å². The first kappa shape index (κ1) is 26.2. The van der Waals surface area contributed by atoms with Gasteiger partial charge in [0.1, 0.15) is 11.5 Å². The van der Waals surface area contributed by atoms with E-state index < -0.39 is 0 Å². The van der Waals surface area contributed by atoms with Gasteiger partial charge in [0.15, 0.2) is 0 Å². The standard InChI is InChI=1S/C30H35N5O2S/c1-33-29(23-27(32-33)28-13-8-22-38-28)31-30(36)35(17-16-34-18-20-37-21-19-34)15-14-26(24-9-4-2-5-10-24)25-11-6-3-7-12-25/h2-13,22-23,26H,14-21H2,1H3,(H,31,36). The minimum absolute atomic E-state index is 0.0983. The van der Waals surface area contributed by atoms with Crippen molar-refractivity contribution in [2.45, 2.75) is 12.3 Å². The van der Waals surface area contributed by atoms with E-state index in [4.69, 9.17) is 4.74 Å². The molecule has 2 aromatic heterocycles. The molecule has 2 amide bonds. The Morgan fingerprint density at radius 2 is 1.68 bits per heavy atom. The summed E-state index contributed by atoms with van der Waals surface area (Å²) in [4.78, 5) is 19.1. The van der Waals surface area contributed by atoms with Gasteiger partial charge in [0.25, 0.3) is 0 Å². The number of nitrogens with one attached hydrogen (secondary N) is 1. The van der Waals surface area contributed by atoms with E-state index in [1.807, 2.05) is 47.7 Å². The summed E-state index contributed by atoms with van der Waals surface area (Å²) in [6, 6.07) is 27.0. The molecule has 0 spiro atoms. The zero-order valence-electron chi connectivity index (χ0n) is 21.8. The van der Waals surface area contributed by atoms with Crippen molar-refractivity contribution >= 4 is 23.2 Å². The maximum absolute atomic E-state index is 13.7. The first-order chi connectivity index (χ1) is 18.7. The summed E-state index contributed by atoms with van der Waals surface area (Å²) in [6.07, 6.45) is 0.830. The molecule has 1 aliphatic rings. The average molecular weight is 530 g/mol. The first-order valence-electron chi connectivity index (χ1n) is 13.2. The van der Waals surface area contributed by atoms with E-state index >= 15 is 0 Å². The minimum atomic E-state index is -0.0983. The average Bonchev–Trinajstić information content (AvgIpc) is 3.62. The van der Waals surface area contributed by atoms with Gasteiger partial charge in [0.2, 0.25) is 0 Å². The van der Waals surface area contributed by atoms with Crippen LogP contribution in [0.3, 0.4) is 0 Å². The normalized spacial score (nSPS) is 14.1. The molecule has 1 fully saturated rings. The molecule has 0 unspecified atom stereocenters. The van der Waals surface area contributed by atoms with Crippen molar-refractivity contribution in [3.63, 3.8) is 0 Å². The minimum Gasteiger partial charge on any atom is -0.379 e. The molecule has 0 atom stereocenters. The van der Waals surface area contributed by atoms with Gasteiger partial charge in [0, 0.05) is 51.8 Å². The SMILES string of the molecule is Cn1nc(-c2cccs2)cc1NC(=O)N(CCC(c1ccccc1)c1ccccc1)CCN1CCOCC1. The lowest BCUT2D eigenvalue weighted by molar-refractivity contribution is 0.0351. The summed E-state index contributed by atoms with van der Waals surface area (Å²) in [5.41, 5.74) is 3.39. The lowest BCUT2D eigenvalue weighted by atomic mass is 9.88. The van der Waals surface area contributed by atoms with Crippen LogP contribution in [-0.4, -0.2) is 71.5 Å². The number of thiophene rings is 1. The zero-order valence-corrected chi connectivity index (χ0v) is 22.6. The highest BCUT2D eigenvalue weighted by Gasteiger charge is 2.22. The van der Waals surface area contributed by atoms with Gasteiger partial charge in [-0.1, -0.05) is 66.7 Å². The van der Waals surface area contributed by atoms with Gasteiger partial charge in [0.05, 0.1) is 18.1 Å². The fourth-order valence-corrected chi connectivity index (χ4v) is 5.58. The number of hydrogen-bond acceptors (Lipinski definition) is 5. The van der Waals surface area contributed by atoms with Crippen LogP contribution < -0.4 is 5.32 Å². The van der Waals surface area contributed by atoms with Crippen LogP contribution in [0.1, 0.15) is 23.5 Å². The molecule has 0 aliphatic carbocycles. The Kier molecular flexibility index (Phi) is 8.86. The number of benzene rings is 2. The molecule has 1 saturated heterocycles. The maximum Gasteiger partial charge on any atom is 0.323 e. The summed E-state index contributed by atoms with van der Waals surface area (Å²) >= 11 is 1.64. The third-order valence-electron chi connectivity index (χ3n) is 7.06. The summed E-state index contributed by atoms with van der Waals surface area (Å²) < 4.78 is 7.25. The second-order valence-corrected chi connectivity index (χ2v) is 10.5. The highest BCUT2D eigenvalue weighted by molar-refractivity contribution is 7.13. The monoisotopic (exact) mass is 529 g/mol. The number of carbonyl (C=O) groups is 1. The molecule has 0 radical (unpaired) electrons. The molecule has 0 bridgehead atoms. The van der Waals surface area contributed by atoms with Crippen LogP contribution in [-0.2, 0) is 11.8 Å². The lowest BCUT2D eigenvalue weighted by Crippen LogP contribution is -2.45. The van der Waals surface area contributed by atoms with Crippen molar-refractivity contribution in [2.75, 3.05) is 51.3 Å². The number of nitrogens with zero attached hydrogens (tertiary/aromatic N) is 4. The smallest absolute Gasteiger partial charge is 0.323 e. The van der Waals surface area contributed by atoms with Crippen molar-refractivity contribution in [1.82, 2.24) is 19.6 Å². The molecule has 38 heavy (non-hydrogen) atoms. The second-order valence-electron chi connectivity index (χ2n) is 9.55. The lowest BCUT2D eigenvalue weighted by Gasteiger charge is -2.31. The van der Waals surface area contributed by atoms with E-state index in [1.54, 1.807) is 16.0 Å². The number of amides is 2. The molecule has 1 aliphatic heterocycles. The molecule has 5 rings (SSSR count). The van der Waals surface area contributed by atoms with Crippen LogP contribution in [0.4, 0.5) is 10.6 Å². The molecular weight excluding hydrogens is 494 g/mol. The fraction of sp³-hybridized carbons (Fsp3) is 0.333. The number of carbonyl (C=O) groups excluding carboxylic acids is 1. The Bertz CT molecular complexity index is 1230. The topological polar surface area (TPSA) is 62.6 Å². The highest BCUT2D eigenvalue weighted by Crippen LogP contribution is 2.29. The Labute approximate surface area is 228 Å².